The van der Waals surface area contributed by atoms with Crippen LogP contribution in [0.5, 0.6) is 0 Å². The molecule has 0 aliphatic rings. The third-order valence-electron chi connectivity index (χ3n) is 5.00. The van der Waals surface area contributed by atoms with Crippen LogP contribution in [0.2, 0.25) is 5.02 Å². The first-order valence-corrected chi connectivity index (χ1v) is 12.1. The summed E-state index contributed by atoms with van der Waals surface area (Å²) in [5.74, 6) is 0. The predicted molar refractivity (Wildman–Crippen MR) is 116 cm³/mol. The molecule has 0 aromatic heterocycles. The molecule has 0 heterocycles. The molecule has 0 fully saturated rings. The van der Waals surface area contributed by atoms with Crippen molar-refractivity contribution in [2.45, 2.75) is 59.3 Å². The molecule has 1 aromatic rings. The first kappa shape index (κ1) is 27.3. The molecule has 0 saturated heterocycles. The Bertz CT molecular complexity index is 574. The number of hydrogen-bond donors (Lipinski definition) is 2. The summed E-state index contributed by atoms with van der Waals surface area (Å²) in [6.07, 6.45) is 12.6. The van der Waals surface area contributed by atoms with E-state index in [2.05, 4.69) is 45.1 Å². The van der Waals surface area contributed by atoms with Crippen molar-refractivity contribution in [3.8, 4) is 0 Å². The number of nitrogens with zero attached hydrogens (tertiary/aromatic N) is 1. The lowest BCUT2D eigenvalue weighted by Crippen LogP contribution is -2.48. The SMILES string of the molecule is CCCCCCC[N+](CC)(CC)CC=CCc1ccc(Cl)cc1.O=P([O-])(O)O. The van der Waals surface area contributed by atoms with Crippen LogP contribution in [-0.4, -0.2) is 40.4 Å². The van der Waals surface area contributed by atoms with E-state index in [4.69, 9.17) is 30.8 Å². The molecule has 0 radical (unpaired) electrons. The van der Waals surface area contributed by atoms with Gasteiger partial charge in [-0.15, -0.1) is 0 Å². The molecule has 1 aromatic carbocycles. The minimum atomic E-state index is -4.89. The van der Waals surface area contributed by atoms with Gasteiger partial charge >= 0.3 is 0 Å². The van der Waals surface area contributed by atoms with E-state index in [1.807, 2.05) is 12.1 Å². The molecule has 1 rings (SSSR count). The van der Waals surface area contributed by atoms with Gasteiger partial charge < -0.3 is 19.2 Å². The van der Waals surface area contributed by atoms with E-state index in [9.17, 15) is 0 Å². The lowest BCUT2D eigenvalue weighted by Gasteiger charge is -2.36. The largest absolute Gasteiger partial charge is 0.756 e. The van der Waals surface area contributed by atoms with Gasteiger partial charge in [0, 0.05) is 5.02 Å². The summed E-state index contributed by atoms with van der Waals surface area (Å²) in [4.78, 5) is 22.9. The summed E-state index contributed by atoms with van der Waals surface area (Å²) in [5.41, 5.74) is 1.33. The molecule has 0 bridgehead atoms. The average molecular weight is 434 g/mol. The molecule has 28 heavy (non-hydrogen) atoms. The maximum Gasteiger partial charge on any atom is 0.262 e. The number of hydrogen-bond acceptors (Lipinski definition) is 2. The highest BCUT2D eigenvalue weighted by molar-refractivity contribution is 7.43. The highest BCUT2D eigenvalue weighted by Crippen LogP contribution is 2.19. The first-order chi connectivity index (χ1) is 13.2. The van der Waals surface area contributed by atoms with Crippen LogP contribution in [0.4, 0.5) is 0 Å². The zero-order valence-corrected chi connectivity index (χ0v) is 19.2. The fraction of sp³-hybridized carbons (Fsp3) is 0.619. The van der Waals surface area contributed by atoms with Crippen LogP contribution in [-0.2, 0) is 11.0 Å². The van der Waals surface area contributed by atoms with Crippen LogP contribution in [0.15, 0.2) is 36.4 Å². The number of unbranched alkanes of at least 4 members (excludes halogenated alkanes) is 4. The first-order valence-electron chi connectivity index (χ1n) is 10.2. The van der Waals surface area contributed by atoms with E-state index in [-0.39, 0.29) is 0 Å². The average Bonchev–Trinajstić information content (AvgIpc) is 2.63. The van der Waals surface area contributed by atoms with E-state index in [0.29, 0.717) is 0 Å². The molecular formula is C21H37ClNO4P. The lowest BCUT2D eigenvalue weighted by atomic mass is 10.1. The third-order valence-corrected chi connectivity index (χ3v) is 5.26. The van der Waals surface area contributed by atoms with Crippen molar-refractivity contribution in [1.82, 2.24) is 0 Å². The molecule has 162 valence electrons. The Morgan fingerprint density at radius 2 is 1.54 bits per heavy atom. The molecular weight excluding hydrogens is 397 g/mol. The van der Waals surface area contributed by atoms with E-state index in [1.165, 1.54) is 61.8 Å². The van der Waals surface area contributed by atoms with Gasteiger partial charge in [-0.05, 0) is 56.9 Å². The van der Waals surface area contributed by atoms with Crippen LogP contribution in [0.25, 0.3) is 0 Å². The van der Waals surface area contributed by atoms with E-state index in [1.54, 1.807) is 0 Å². The Morgan fingerprint density at radius 1 is 1.00 bits per heavy atom. The van der Waals surface area contributed by atoms with Gasteiger partial charge in [0.2, 0.25) is 0 Å². The maximum atomic E-state index is 8.77. The van der Waals surface area contributed by atoms with Crippen LogP contribution in [0.1, 0.15) is 58.4 Å². The highest BCUT2D eigenvalue weighted by atomic mass is 35.5. The number of likely N-dealkylation sites (N-methyl/N-ethyl adjacent to an activating group) is 1. The number of quaternary nitrogens is 1. The van der Waals surface area contributed by atoms with Gasteiger partial charge in [-0.2, -0.15) is 0 Å². The number of allylic oxidation sites excluding steroid dienone is 1. The maximum absolute atomic E-state index is 8.77. The minimum Gasteiger partial charge on any atom is -0.756 e. The zero-order valence-electron chi connectivity index (χ0n) is 17.5. The predicted octanol–water partition coefficient (Wildman–Crippen LogP) is 4.71. The van der Waals surface area contributed by atoms with Crippen molar-refractivity contribution in [3.05, 3.63) is 47.0 Å². The molecule has 7 heteroatoms. The Hall–Kier alpha value is -0.680. The van der Waals surface area contributed by atoms with Gasteiger partial charge in [-0.25, -0.2) is 0 Å². The normalized spacial score (nSPS) is 12.1. The second-order valence-corrected chi connectivity index (χ2v) is 8.50. The van der Waals surface area contributed by atoms with Crippen LogP contribution < -0.4 is 4.89 Å². The molecule has 0 amide bonds. The van der Waals surface area contributed by atoms with Gasteiger partial charge in [0.1, 0.15) is 0 Å². The van der Waals surface area contributed by atoms with Crippen molar-refractivity contribution >= 4 is 19.4 Å². The van der Waals surface area contributed by atoms with Crippen molar-refractivity contribution in [2.75, 3.05) is 26.2 Å². The number of halogens is 1. The number of rotatable bonds is 12. The highest BCUT2D eigenvalue weighted by Gasteiger charge is 2.20. The van der Waals surface area contributed by atoms with Crippen LogP contribution in [0, 0.1) is 0 Å². The lowest BCUT2D eigenvalue weighted by molar-refractivity contribution is -0.919. The van der Waals surface area contributed by atoms with E-state index >= 15 is 0 Å². The molecule has 0 aliphatic carbocycles. The van der Waals surface area contributed by atoms with Crippen molar-refractivity contribution in [2.24, 2.45) is 0 Å². The van der Waals surface area contributed by atoms with Gasteiger partial charge in [-0.3, -0.25) is 4.57 Å². The van der Waals surface area contributed by atoms with Crippen molar-refractivity contribution in [1.29, 1.82) is 0 Å². The zero-order chi connectivity index (χ0) is 21.5. The quantitative estimate of drug-likeness (QED) is 0.216. The van der Waals surface area contributed by atoms with Gasteiger partial charge in [0.15, 0.2) is 0 Å². The molecule has 5 nitrogen and oxygen atoms in total. The topological polar surface area (TPSA) is 80.6 Å². The summed E-state index contributed by atoms with van der Waals surface area (Å²) in [5, 5.41) is 0.813. The van der Waals surface area contributed by atoms with Crippen molar-refractivity contribution < 1.29 is 23.7 Å². The van der Waals surface area contributed by atoms with Gasteiger partial charge in [0.25, 0.3) is 7.82 Å². The Balaban J connectivity index is 0.00000129. The number of benzene rings is 1. The summed E-state index contributed by atoms with van der Waals surface area (Å²) in [7, 11) is -4.89. The summed E-state index contributed by atoms with van der Waals surface area (Å²) in [6.45, 7) is 11.9. The second-order valence-electron chi connectivity index (χ2n) is 7.09. The molecule has 0 spiro atoms. The monoisotopic (exact) mass is 433 g/mol. The molecule has 0 unspecified atom stereocenters. The van der Waals surface area contributed by atoms with Crippen LogP contribution >= 0.6 is 19.4 Å². The Morgan fingerprint density at radius 3 is 2.04 bits per heavy atom. The van der Waals surface area contributed by atoms with E-state index in [0.717, 1.165) is 18.0 Å². The smallest absolute Gasteiger partial charge is 0.262 e. The number of phosphoric acid groups is 1. The summed E-state index contributed by atoms with van der Waals surface area (Å²) < 4.78 is 10.00. The van der Waals surface area contributed by atoms with Gasteiger partial charge in [0.05, 0.1) is 26.2 Å². The van der Waals surface area contributed by atoms with E-state index < -0.39 is 7.82 Å². The molecule has 0 saturated carbocycles. The second kappa shape index (κ2) is 15.2. The van der Waals surface area contributed by atoms with Gasteiger partial charge in [-0.1, -0.05) is 56.0 Å². The third kappa shape index (κ3) is 15.3. The minimum absolute atomic E-state index is 0.813. The Kier molecular flexibility index (Phi) is 14.8. The fourth-order valence-corrected chi connectivity index (χ4v) is 3.20. The summed E-state index contributed by atoms with van der Waals surface area (Å²) in [6, 6.07) is 8.17. The molecule has 0 aliphatic heterocycles. The fourth-order valence-electron chi connectivity index (χ4n) is 3.08. The molecule has 2 N–H and O–H groups in total. The van der Waals surface area contributed by atoms with Crippen LogP contribution in [0.3, 0.4) is 0 Å². The molecule has 0 atom stereocenters. The summed E-state index contributed by atoms with van der Waals surface area (Å²) >= 11 is 5.93. The standard InChI is InChI=1S/C21H35ClN.H3O4P/c1-4-7-8-9-11-18-23(5-2,6-3)19-12-10-13-20-14-16-21(22)17-15-20;1-5(2,3)4/h10,12,14-17H,4-9,11,13,18-19H2,1-3H3;(H3,1,2,3,4)/q+1;/p-1. The Labute approximate surface area is 175 Å². The van der Waals surface area contributed by atoms with Crippen molar-refractivity contribution in [3.63, 3.8) is 0 Å².